The molecule has 13 heteroatoms. The molecule has 2 aromatic rings. The molecule has 2 bridgehead atoms. The highest BCUT2D eigenvalue weighted by Crippen LogP contribution is 2.46. The first-order chi connectivity index (χ1) is 12.9. The molecule has 29 heavy (non-hydrogen) atoms. The van der Waals surface area contributed by atoms with Gasteiger partial charge in [0, 0.05) is 17.2 Å². The number of ether oxygens (including phenoxy) is 2. The predicted octanol–water partition coefficient (Wildman–Crippen LogP) is 1.05. The molecule has 0 saturated heterocycles. The number of carbonyl (C=O) groups excluding carboxylic acids is 1. The molecule has 1 atom stereocenters. The highest BCUT2D eigenvalue weighted by Gasteiger charge is 2.54. The predicted molar refractivity (Wildman–Crippen MR) is 92.0 cm³/mol. The second-order valence-electron chi connectivity index (χ2n) is 7.34. The van der Waals surface area contributed by atoms with Crippen molar-refractivity contribution in [2.45, 2.75) is 50.4 Å². The minimum Gasteiger partial charge on any atom is -0.478 e. The summed E-state index contributed by atoms with van der Waals surface area (Å²) in [7, 11) is -6.03. The number of hydrogen-bond donors (Lipinski definition) is 4. The van der Waals surface area contributed by atoms with Crippen molar-refractivity contribution in [3.05, 3.63) is 17.2 Å². The molecule has 0 aliphatic carbocycles. The van der Waals surface area contributed by atoms with Crippen LogP contribution in [0.3, 0.4) is 0 Å². The average Bonchev–Trinajstić information content (AvgIpc) is 3.08. The van der Waals surface area contributed by atoms with Crippen molar-refractivity contribution < 1.29 is 55.8 Å². The third-order valence-electron chi connectivity index (χ3n) is 3.87. The van der Waals surface area contributed by atoms with Crippen molar-refractivity contribution in [1.29, 1.82) is 0 Å². The van der Waals surface area contributed by atoms with Gasteiger partial charge >= 0.3 is 21.3 Å². The third-order valence-corrected chi connectivity index (χ3v) is 4.75. The first-order valence-electron chi connectivity index (χ1n) is 8.07. The van der Waals surface area contributed by atoms with Crippen molar-refractivity contribution in [3.63, 3.8) is 0 Å². The number of esters is 1. The molecule has 0 spiro atoms. The zero-order valence-electron chi connectivity index (χ0n) is 15.8. The summed E-state index contributed by atoms with van der Waals surface area (Å²) >= 11 is 0. The number of rotatable bonds is 8. The minimum absolute atomic E-state index is 0.0127. The number of fused-ring (bicyclic) bond motifs is 2. The van der Waals surface area contributed by atoms with E-state index in [-0.39, 0.29) is 28.0 Å². The molecule has 0 saturated carbocycles. The van der Waals surface area contributed by atoms with Crippen molar-refractivity contribution >= 4 is 27.3 Å². The molecule has 0 aliphatic heterocycles. The van der Waals surface area contributed by atoms with E-state index < -0.39 is 45.4 Å². The summed E-state index contributed by atoms with van der Waals surface area (Å²) in [5.41, 5.74) is -2.27. The number of benzene rings is 1. The second-order valence-corrected chi connectivity index (χ2v) is 8.83. The maximum atomic E-state index is 13.2. The minimum atomic E-state index is -6.03. The fourth-order valence-corrected chi connectivity index (χ4v) is 3.00. The maximum Gasteiger partial charge on any atom is 0.430 e. The van der Waals surface area contributed by atoms with Gasteiger partial charge in [-0.25, -0.2) is 4.79 Å². The van der Waals surface area contributed by atoms with Crippen LogP contribution in [0.25, 0.3) is 11.2 Å². The summed E-state index contributed by atoms with van der Waals surface area (Å²) in [6, 6.07) is 1.29. The van der Waals surface area contributed by atoms with E-state index in [1.54, 1.807) is 0 Å². The quantitative estimate of drug-likeness (QED) is 0.264. The lowest BCUT2D eigenvalue weighted by molar-refractivity contribution is -0.206. The molecule has 164 valence electrons. The van der Waals surface area contributed by atoms with Crippen LogP contribution in [0.2, 0.25) is 0 Å². The van der Waals surface area contributed by atoms with E-state index in [1.165, 1.54) is 33.8 Å². The Morgan fingerprint density at radius 2 is 1.69 bits per heavy atom. The van der Waals surface area contributed by atoms with E-state index in [9.17, 15) is 32.2 Å². The fourth-order valence-electron chi connectivity index (χ4n) is 2.70. The van der Waals surface area contributed by atoms with Crippen molar-refractivity contribution in [2.75, 3.05) is 6.61 Å². The summed E-state index contributed by atoms with van der Waals surface area (Å²) in [5.74, 6) is -1.66. The lowest BCUT2D eigenvalue weighted by Gasteiger charge is -2.25. The standard InChI is InChI=1S/C16H20F2O10S/c1-14(2,21)10-7-5-8(12(27-7)11(10)15(3,4)22)26-6-9(19)28-13(20)16(17,18)29(23,24)25/h5,13,20-22H,6H2,1-4H3,(H,23,24,25). The monoisotopic (exact) mass is 442 g/mol. The van der Waals surface area contributed by atoms with Gasteiger partial charge < -0.3 is 29.2 Å². The SMILES string of the molecule is CC(C)(O)c1c(C(C)(C)O)c2oc1cc2OCC(=O)OC(O)C(F)(F)S(=O)(=O)O. The lowest BCUT2D eigenvalue weighted by atomic mass is 9.85. The Balaban J connectivity index is 2.20. The van der Waals surface area contributed by atoms with Crippen LogP contribution in [0.15, 0.2) is 10.5 Å². The highest BCUT2D eigenvalue weighted by molar-refractivity contribution is 7.86. The summed E-state index contributed by atoms with van der Waals surface area (Å²) in [6.45, 7) is 4.74. The Bertz CT molecular complexity index is 997. The lowest BCUT2D eigenvalue weighted by Crippen LogP contribution is -2.44. The van der Waals surface area contributed by atoms with Gasteiger partial charge in [0.05, 0.1) is 11.2 Å². The first-order valence-corrected chi connectivity index (χ1v) is 9.51. The largest absolute Gasteiger partial charge is 0.478 e. The van der Waals surface area contributed by atoms with Crippen molar-refractivity contribution in [2.24, 2.45) is 0 Å². The first kappa shape index (κ1) is 23.2. The van der Waals surface area contributed by atoms with Crippen molar-refractivity contribution in [1.82, 2.24) is 0 Å². The number of alkyl halides is 2. The van der Waals surface area contributed by atoms with Gasteiger partial charge in [0.2, 0.25) is 0 Å². The molecule has 0 amide bonds. The van der Waals surface area contributed by atoms with Gasteiger partial charge in [0.15, 0.2) is 17.9 Å². The number of aliphatic hydroxyl groups is 3. The fraction of sp³-hybridized carbons (Fsp3) is 0.562. The normalized spacial score (nSPS) is 15.0. The van der Waals surface area contributed by atoms with Gasteiger partial charge in [-0.3, -0.25) is 4.55 Å². The van der Waals surface area contributed by atoms with Gasteiger partial charge in [0.1, 0.15) is 5.58 Å². The molecule has 2 aromatic heterocycles. The van der Waals surface area contributed by atoms with E-state index in [4.69, 9.17) is 18.8 Å². The Kier molecular flexibility index (Phi) is 5.62. The Labute approximate surface area is 163 Å². The zero-order chi connectivity index (χ0) is 22.6. The average molecular weight is 442 g/mol. The van der Waals surface area contributed by atoms with Gasteiger partial charge in [-0.05, 0) is 27.7 Å². The number of hydrogen-bond acceptors (Lipinski definition) is 9. The van der Waals surface area contributed by atoms with Crippen LogP contribution in [-0.2, 0) is 30.9 Å². The summed E-state index contributed by atoms with van der Waals surface area (Å²) in [6.07, 6.45) is -3.46. The topological polar surface area (TPSA) is 164 Å². The van der Waals surface area contributed by atoms with Crippen LogP contribution >= 0.6 is 0 Å². The molecule has 2 heterocycles. The van der Waals surface area contributed by atoms with Gasteiger partial charge in [-0.2, -0.15) is 17.2 Å². The van der Waals surface area contributed by atoms with Crippen LogP contribution in [0.5, 0.6) is 5.75 Å². The molecular weight excluding hydrogens is 422 g/mol. The molecule has 1 unspecified atom stereocenters. The second kappa shape index (κ2) is 7.02. The molecule has 0 radical (unpaired) electrons. The van der Waals surface area contributed by atoms with E-state index >= 15 is 0 Å². The van der Waals surface area contributed by atoms with Crippen LogP contribution < -0.4 is 4.74 Å². The van der Waals surface area contributed by atoms with Crippen molar-refractivity contribution in [3.8, 4) is 5.75 Å². The van der Waals surface area contributed by atoms with Crippen LogP contribution in [0, 0.1) is 0 Å². The Morgan fingerprint density at radius 1 is 1.17 bits per heavy atom. The molecule has 0 aromatic carbocycles. The molecule has 0 aliphatic rings. The molecular formula is C16H20F2O10S. The number of aliphatic hydroxyl groups excluding tert-OH is 1. The molecule has 0 fully saturated rings. The Morgan fingerprint density at radius 3 is 2.14 bits per heavy atom. The number of halogens is 2. The van der Waals surface area contributed by atoms with Gasteiger partial charge in [-0.15, -0.1) is 0 Å². The van der Waals surface area contributed by atoms with Gasteiger partial charge in [0.25, 0.3) is 6.29 Å². The van der Waals surface area contributed by atoms with E-state index in [0.29, 0.717) is 0 Å². The summed E-state index contributed by atoms with van der Waals surface area (Å²) < 4.78 is 70.2. The van der Waals surface area contributed by atoms with Crippen LogP contribution in [0.1, 0.15) is 38.8 Å². The summed E-state index contributed by atoms with van der Waals surface area (Å²) in [5, 5.41) is 24.6. The number of carbonyl (C=O) groups is 1. The molecule has 2 rings (SSSR count). The molecule has 10 nitrogen and oxygen atoms in total. The maximum absolute atomic E-state index is 13.2. The van der Waals surface area contributed by atoms with E-state index in [1.807, 2.05) is 0 Å². The highest BCUT2D eigenvalue weighted by atomic mass is 32.2. The van der Waals surface area contributed by atoms with Gasteiger partial charge in [-0.1, -0.05) is 0 Å². The Hall–Kier alpha value is -2.06. The van der Waals surface area contributed by atoms with Crippen LogP contribution in [0.4, 0.5) is 8.78 Å². The summed E-state index contributed by atoms with van der Waals surface area (Å²) in [4.78, 5) is 11.6. The van der Waals surface area contributed by atoms with E-state index in [2.05, 4.69) is 4.74 Å². The molecule has 4 N–H and O–H groups in total. The number of furan rings is 2. The van der Waals surface area contributed by atoms with Crippen LogP contribution in [-0.4, -0.2) is 52.4 Å². The zero-order valence-corrected chi connectivity index (χ0v) is 16.6. The van der Waals surface area contributed by atoms with E-state index in [0.717, 1.165) is 0 Å². The third kappa shape index (κ3) is 4.43. The smallest absolute Gasteiger partial charge is 0.430 e.